The molecule has 0 heterocycles. The highest BCUT2D eigenvalue weighted by atomic mass is 16.3. The number of amides is 1. The molecular weight excluding hydrogens is 154 g/mol. The van der Waals surface area contributed by atoms with Crippen molar-refractivity contribution < 1.29 is 9.90 Å². The number of nitrogens with zero attached hydrogens (tertiary/aromatic N) is 1. The first-order valence-corrected chi connectivity index (χ1v) is 4.33. The highest BCUT2D eigenvalue weighted by Gasteiger charge is 2.25. The van der Waals surface area contributed by atoms with Crippen LogP contribution in [0.3, 0.4) is 0 Å². The van der Waals surface area contributed by atoms with Gasteiger partial charge in [0, 0.05) is 13.5 Å². The molecule has 0 rings (SSSR count). The van der Waals surface area contributed by atoms with Gasteiger partial charge < -0.3 is 10.0 Å². The summed E-state index contributed by atoms with van der Waals surface area (Å²) in [6, 6.07) is 0. The molecule has 0 aliphatic carbocycles. The molecule has 0 aromatic rings. The molecule has 0 aromatic carbocycles. The maximum absolute atomic E-state index is 11.4. The van der Waals surface area contributed by atoms with E-state index < -0.39 is 5.54 Å². The standard InChI is InChI=1S/C9H19NO2/c1-5-6-8(12)10(4)9(2,3)7-11/h11H,5-7H2,1-4H3. The average molecular weight is 173 g/mol. The molecular formula is C9H19NO2. The Bertz CT molecular complexity index is 155. The van der Waals surface area contributed by atoms with Gasteiger partial charge in [0.05, 0.1) is 12.1 Å². The normalized spacial score (nSPS) is 11.4. The van der Waals surface area contributed by atoms with Crippen LogP contribution in [-0.2, 0) is 4.79 Å². The number of hydrogen-bond acceptors (Lipinski definition) is 2. The van der Waals surface area contributed by atoms with Crippen LogP contribution < -0.4 is 0 Å². The summed E-state index contributed by atoms with van der Waals surface area (Å²) in [5.74, 6) is 0.0940. The summed E-state index contributed by atoms with van der Waals surface area (Å²) in [6.07, 6.45) is 1.41. The Labute approximate surface area is 74.4 Å². The van der Waals surface area contributed by atoms with E-state index in [0.29, 0.717) is 6.42 Å². The Balaban J connectivity index is 4.17. The molecule has 0 aliphatic rings. The van der Waals surface area contributed by atoms with Gasteiger partial charge in [-0.2, -0.15) is 0 Å². The van der Waals surface area contributed by atoms with Crippen LogP contribution in [0.4, 0.5) is 0 Å². The third-order valence-electron chi connectivity index (χ3n) is 2.13. The molecule has 3 nitrogen and oxygen atoms in total. The van der Waals surface area contributed by atoms with Gasteiger partial charge in [0.25, 0.3) is 0 Å². The molecule has 0 aliphatic heterocycles. The molecule has 0 saturated carbocycles. The van der Waals surface area contributed by atoms with Crippen molar-refractivity contribution >= 4 is 5.91 Å². The minimum Gasteiger partial charge on any atom is -0.394 e. The second-order valence-corrected chi connectivity index (χ2v) is 3.67. The maximum atomic E-state index is 11.4. The van der Waals surface area contributed by atoms with E-state index >= 15 is 0 Å². The van der Waals surface area contributed by atoms with Crippen LogP contribution in [0, 0.1) is 0 Å². The largest absolute Gasteiger partial charge is 0.394 e. The van der Waals surface area contributed by atoms with E-state index in [4.69, 9.17) is 5.11 Å². The summed E-state index contributed by atoms with van der Waals surface area (Å²) in [7, 11) is 1.73. The fraction of sp³-hybridized carbons (Fsp3) is 0.889. The second-order valence-electron chi connectivity index (χ2n) is 3.67. The summed E-state index contributed by atoms with van der Waals surface area (Å²) in [6.45, 7) is 5.66. The zero-order valence-corrected chi connectivity index (χ0v) is 8.42. The van der Waals surface area contributed by atoms with E-state index in [1.54, 1.807) is 11.9 Å². The molecule has 3 heteroatoms. The van der Waals surface area contributed by atoms with Gasteiger partial charge in [-0.3, -0.25) is 4.79 Å². The van der Waals surface area contributed by atoms with Gasteiger partial charge in [0.15, 0.2) is 0 Å². The SMILES string of the molecule is CCCC(=O)N(C)C(C)(C)CO. The molecule has 0 aromatic heterocycles. The van der Waals surface area contributed by atoms with Gasteiger partial charge in [-0.05, 0) is 20.3 Å². The lowest BCUT2D eigenvalue weighted by Crippen LogP contribution is -2.47. The molecule has 0 fully saturated rings. The van der Waals surface area contributed by atoms with Crippen LogP contribution in [0.1, 0.15) is 33.6 Å². The van der Waals surface area contributed by atoms with Crippen molar-refractivity contribution in [2.24, 2.45) is 0 Å². The van der Waals surface area contributed by atoms with E-state index in [2.05, 4.69) is 0 Å². The lowest BCUT2D eigenvalue weighted by atomic mass is 10.0. The number of carbonyl (C=O) groups is 1. The van der Waals surface area contributed by atoms with E-state index in [0.717, 1.165) is 6.42 Å². The van der Waals surface area contributed by atoms with E-state index in [1.807, 2.05) is 20.8 Å². The lowest BCUT2D eigenvalue weighted by Gasteiger charge is -2.33. The van der Waals surface area contributed by atoms with E-state index in [9.17, 15) is 4.79 Å². The van der Waals surface area contributed by atoms with Crippen molar-refractivity contribution in [2.75, 3.05) is 13.7 Å². The zero-order chi connectivity index (χ0) is 9.78. The number of hydrogen-bond donors (Lipinski definition) is 1. The van der Waals surface area contributed by atoms with Crippen molar-refractivity contribution in [1.82, 2.24) is 4.90 Å². The summed E-state index contributed by atoms with van der Waals surface area (Å²) in [5, 5.41) is 8.99. The molecule has 0 radical (unpaired) electrons. The average Bonchev–Trinajstić information content (AvgIpc) is 2.03. The monoisotopic (exact) mass is 173 g/mol. The number of likely N-dealkylation sites (N-methyl/N-ethyl adjacent to an activating group) is 1. The molecule has 0 spiro atoms. The molecule has 72 valence electrons. The predicted octanol–water partition coefficient (Wildman–Crippen LogP) is 1.02. The van der Waals surface area contributed by atoms with Crippen molar-refractivity contribution in [2.45, 2.75) is 39.2 Å². The smallest absolute Gasteiger partial charge is 0.222 e. The molecule has 0 unspecified atom stereocenters. The zero-order valence-electron chi connectivity index (χ0n) is 8.42. The number of rotatable bonds is 4. The van der Waals surface area contributed by atoms with E-state index in [-0.39, 0.29) is 12.5 Å². The molecule has 0 atom stereocenters. The third-order valence-corrected chi connectivity index (χ3v) is 2.13. The third kappa shape index (κ3) is 2.81. The molecule has 12 heavy (non-hydrogen) atoms. The molecule has 1 amide bonds. The Hall–Kier alpha value is -0.570. The first-order chi connectivity index (χ1) is 5.45. The van der Waals surface area contributed by atoms with Gasteiger partial charge in [-0.15, -0.1) is 0 Å². The molecule has 0 saturated heterocycles. The number of aliphatic hydroxyl groups is 1. The van der Waals surface area contributed by atoms with Crippen LogP contribution in [0.25, 0.3) is 0 Å². The second kappa shape index (κ2) is 4.45. The van der Waals surface area contributed by atoms with Crippen molar-refractivity contribution in [3.8, 4) is 0 Å². The predicted molar refractivity (Wildman–Crippen MR) is 48.8 cm³/mol. The Morgan fingerprint density at radius 2 is 2.00 bits per heavy atom. The Kier molecular flexibility index (Phi) is 4.24. The highest BCUT2D eigenvalue weighted by Crippen LogP contribution is 2.12. The first-order valence-electron chi connectivity index (χ1n) is 4.33. The summed E-state index contributed by atoms with van der Waals surface area (Å²) in [4.78, 5) is 13.0. The van der Waals surface area contributed by atoms with Crippen molar-refractivity contribution in [1.29, 1.82) is 0 Å². The lowest BCUT2D eigenvalue weighted by molar-refractivity contribution is -0.136. The van der Waals surface area contributed by atoms with Gasteiger partial charge in [-0.25, -0.2) is 0 Å². The van der Waals surface area contributed by atoms with E-state index in [1.165, 1.54) is 0 Å². The van der Waals surface area contributed by atoms with Crippen LogP contribution in [0.5, 0.6) is 0 Å². The van der Waals surface area contributed by atoms with Gasteiger partial charge in [0.1, 0.15) is 0 Å². The van der Waals surface area contributed by atoms with Crippen molar-refractivity contribution in [3.05, 3.63) is 0 Å². The number of carbonyl (C=O) groups excluding carboxylic acids is 1. The summed E-state index contributed by atoms with van der Waals surface area (Å²) >= 11 is 0. The summed E-state index contributed by atoms with van der Waals surface area (Å²) < 4.78 is 0. The summed E-state index contributed by atoms with van der Waals surface area (Å²) in [5.41, 5.74) is -0.438. The Morgan fingerprint density at radius 1 is 1.50 bits per heavy atom. The fourth-order valence-corrected chi connectivity index (χ4v) is 0.825. The first kappa shape index (κ1) is 11.4. The Morgan fingerprint density at radius 3 is 2.33 bits per heavy atom. The number of aliphatic hydroxyl groups excluding tert-OH is 1. The molecule has 0 bridgehead atoms. The van der Waals surface area contributed by atoms with Crippen LogP contribution in [0.15, 0.2) is 0 Å². The quantitative estimate of drug-likeness (QED) is 0.689. The minimum atomic E-state index is -0.438. The highest BCUT2D eigenvalue weighted by molar-refractivity contribution is 5.76. The molecule has 1 N–H and O–H groups in total. The minimum absolute atomic E-state index is 0.00104. The van der Waals surface area contributed by atoms with Crippen molar-refractivity contribution in [3.63, 3.8) is 0 Å². The van der Waals surface area contributed by atoms with Crippen LogP contribution in [0.2, 0.25) is 0 Å². The van der Waals surface area contributed by atoms with Gasteiger partial charge >= 0.3 is 0 Å². The van der Waals surface area contributed by atoms with Gasteiger partial charge in [-0.1, -0.05) is 6.92 Å². The van der Waals surface area contributed by atoms with Crippen LogP contribution >= 0.6 is 0 Å². The van der Waals surface area contributed by atoms with Gasteiger partial charge in [0.2, 0.25) is 5.91 Å². The maximum Gasteiger partial charge on any atom is 0.222 e. The fourth-order valence-electron chi connectivity index (χ4n) is 0.825. The topological polar surface area (TPSA) is 40.5 Å². The van der Waals surface area contributed by atoms with Crippen LogP contribution in [-0.4, -0.2) is 35.1 Å².